The Kier molecular flexibility index (Phi) is 4.10. The lowest BCUT2D eigenvalue weighted by molar-refractivity contribution is -0.122. The van der Waals surface area contributed by atoms with Crippen molar-refractivity contribution in [3.05, 3.63) is 29.6 Å². The molecule has 0 bridgehead atoms. The zero-order valence-electron chi connectivity index (χ0n) is 12.4. The first-order chi connectivity index (χ1) is 10.1. The molecular formula is C16H22FN3O. The number of carbonyl (C=O) groups is 1. The molecule has 2 aliphatic heterocycles. The number of amides is 1. The van der Waals surface area contributed by atoms with Gasteiger partial charge in [0.2, 0.25) is 5.91 Å². The van der Waals surface area contributed by atoms with Crippen molar-refractivity contribution in [1.29, 1.82) is 0 Å². The number of hydrogen-bond acceptors (Lipinski definition) is 3. The number of carbonyl (C=O) groups excluding carboxylic acids is 1. The number of anilines is 1. The molecular weight excluding hydrogens is 269 g/mol. The Morgan fingerprint density at radius 3 is 2.71 bits per heavy atom. The van der Waals surface area contributed by atoms with E-state index in [0.717, 1.165) is 50.4 Å². The van der Waals surface area contributed by atoms with Gasteiger partial charge < -0.3 is 15.1 Å². The number of rotatable bonds is 3. The van der Waals surface area contributed by atoms with Crippen molar-refractivity contribution in [2.75, 3.05) is 44.7 Å². The van der Waals surface area contributed by atoms with Gasteiger partial charge in [-0.05, 0) is 43.7 Å². The van der Waals surface area contributed by atoms with Crippen LogP contribution in [0, 0.1) is 11.7 Å². The van der Waals surface area contributed by atoms with Gasteiger partial charge in [-0.2, -0.15) is 0 Å². The van der Waals surface area contributed by atoms with Gasteiger partial charge in [0.05, 0.1) is 0 Å². The molecule has 2 saturated heterocycles. The van der Waals surface area contributed by atoms with E-state index < -0.39 is 0 Å². The smallest absolute Gasteiger partial charge is 0.223 e. The highest BCUT2D eigenvalue weighted by Crippen LogP contribution is 2.27. The van der Waals surface area contributed by atoms with E-state index in [2.05, 4.69) is 22.2 Å². The van der Waals surface area contributed by atoms with Crippen LogP contribution in [-0.4, -0.2) is 50.6 Å². The SMILES string of the molecule is CN1CCN(c2ccc(F)cc2CC2CCNC2=O)CC1. The van der Waals surface area contributed by atoms with Crippen LogP contribution in [0.5, 0.6) is 0 Å². The van der Waals surface area contributed by atoms with E-state index in [1.54, 1.807) is 6.07 Å². The van der Waals surface area contributed by atoms with E-state index in [4.69, 9.17) is 0 Å². The first kappa shape index (κ1) is 14.3. The number of nitrogens with zero attached hydrogens (tertiary/aromatic N) is 2. The standard InChI is InChI=1S/C16H22FN3O/c1-19-6-8-20(9-7-19)15-3-2-14(17)11-13(15)10-12-4-5-18-16(12)21/h2-3,11-12H,4-10H2,1H3,(H,18,21). The third-order valence-electron chi connectivity index (χ3n) is 4.51. The van der Waals surface area contributed by atoms with Crippen LogP contribution >= 0.6 is 0 Å². The average Bonchev–Trinajstić information content (AvgIpc) is 2.86. The molecule has 0 spiro atoms. The normalized spacial score (nSPS) is 23.4. The van der Waals surface area contributed by atoms with Gasteiger partial charge in [-0.25, -0.2) is 4.39 Å². The van der Waals surface area contributed by atoms with E-state index in [0.29, 0.717) is 6.42 Å². The molecule has 1 aromatic rings. The summed E-state index contributed by atoms with van der Waals surface area (Å²) in [5, 5.41) is 2.86. The zero-order chi connectivity index (χ0) is 14.8. The lowest BCUT2D eigenvalue weighted by Crippen LogP contribution is -2.44. The summed E-state index contributed by atoms with van der Waals surface area (Å²) in [5.41, 5.74) is 2.05. The summed E-state index contributed by atoms with van der Waals surface area (Å²) >= 11 is 0. The van der Waals surface area contributed by atoms with Gasteiger partial charge in [0.25, 0.3) is 0 Å². The number of benzene rings is 1. The first-order valence-corrected chi connectivity index (χ1v) is 7.63. The Hall–Kier alpha value is -1.62. The quantitative estimate of drug-likeness (QED) is 0.910. The van der Waals surface area contributed by atoms with Crippen molar-refractivity contribution in [2.45, 2.75) is 12.8 Å². The van der Waals surface area contributed by atoms with Crippen LogP contribution in [0.15, 0.2) is 18.2 Å². The maximum Gasteiger partial charge on any atom is 0.223 e. The fourth-order valence-corrected chi connectivity index (χ4v) is 3.18. The van der Waals surface area contributed by atoms with E-state index in [1.165, 1.54) is 6.07 Å². The Morgan fingerprint density at radius 1 is 1.29 bits per heavy atom. The lowest BCUT2D eigenvalue weighted by atomic mass is 9.96. The highest BCUT2D eigenvalue weighted by molar-refractivity contribution is 5.81. The molecule has 0 aromatic heterocycles. The van der Waals surface area contributed by atoms with E-state index in [1.807, 2.05) is 6.07 Å². The molecule has 1 aromatic carbocycles. The van der Waals surface area contributed by atoms with Gasteiger partial charge in [-0.3, -0.25) is 4.79 Å². The van der Waals surface area contributed by atoms with Crippen molar-refractivity contribution >= 4 is 11.6 Å². The summed E-state index contributed by atoms with van der Waals surface area (Å²) in [5.74, 6) is -0.136. The minimum Gasteiger partial charge on any atom is -0.369 e. The average molecular weight is 291 g/mol. The summed E-state index contributed by atoms with van der Waals surface area (Å²) in [6.07, 6.45) is 1.47. The molecule has 0 aliphatic carbocycles. The molecule has 3 rings (SSSR count). The molecule has 1 atom stereocenters. The van der Waals surface area contributed by atoms with Crippen molar-refractivity contribution < 1.29 is 9.18 Å². The molecule has 5 heteroatoms. The molecule has 1 unspecified atom stereocenters. The monoisotopic (exact) mass is 291 g/mol. The molecule has 2 aliphatic rings. The predicted molar refractivity (Wildman–Crippen MR) is 80.9 cm³/mol. The predicted octanol–water partition coefficient (Wildman–Crippen LogP) is 1.26. The zero-order valence-corrected chi connectivity index (χ0v) is 12.4. The van der Waals surface area contributed by atoms with Gasteiger partial charge in [-0.1, -0.05) is 0 Å². The molecule has 0 radical (unpaired) electrons. The molecule has 0 saturated carbocycles. The number of piperazine rings is 1. The maximum absolute atomic E-state index is 13.6. The number of likely N-dealkylation sites (N-methyl/N-ethyl adjacent to an activating group) is 1. The van der Waals surface area contributed by atoms with Gasteiger partial charge in [0.15, 0.2) is 0 Å². The van der Waals surface area contributed by atoms with Crippen molar-refractivity contribution in [3.63, 3.8) is 0 Å². The summed E-state index contributed by atoms with van der Waals surface area (Å²) < 4.78 is 13.6. The van der Waals surface area contributed by atoms with Gasteiger partial charge in [-0.15, -0.1) is 0 Å². The van der Waals surface area contributed by atoms with Crippen LogP contribution in [-0.2, 0) is 11.2 Å². The van der Waals surface area contributed by atoms with Crippen LogP contribution in [0.25, 0.3) is 0 Å². The van der Waals surface area contributed by atoms with Crippen LogP contribution < -0.4 is 10.2 Å². The molecule has 2 heterocycles. The second kappa shape index (κ2) is 6.02. The number of hydrogen-bond donors (Lipinski definition) is 1. The number of nitrogens with one attached hydrogen (secondary N) is 1. The maximum atomic E-state index is 13.6. The van der Waals surface area contributed by atoms with E-state index in [9.17, 15) is 9.18 Å². The van der Waals surface area contributed by atoms with Crippen LogP contribution in [0.1, 0.15) is 12.0 Å². The van der Waals surface area contributed by atoms with Crippen LogP contribution in [0.2, 0.25) is 0 Å². The third-order valence-corrected chi connectivity index (χ3v) is 4.51. The fraction of sp³-hybridized carbons (Fsp3) is 0.562. The summed E-state index contributed by atoms with van der Waals surface area (Å²) in [6, 6.07) is 4.98. The molecule has 114 valence electrons. The van der Waals surface area contributed by atoms with Crippen LogP contribution in [0.3, 0.4) is 0 Å². The van der Waals surface area contributed by atoms with E-state index >= 15 is 0 Å². The van der Waals surface area contributed by atoms with E-state index in [-0.39, 0.29) is 17.6 Å². The van der Waals surface area contributed by atoms with Crippen molar-refractivity contribution in [2.24, 2.45) is 5.92 Å². The van der Waals surface area contributed by atoms with Gasteiger partial charge in [0, 0.05) is 44.3 Å². The molecule has 21 heavy (non-hydrogen) atoms. The molecule has 4 nitrogen and oxygen atoms in total. The summed E-state index contributed by atoms with van der Waals surface area (Å²) in [7, 11) is 2.12. The van der Waals surface area contributed by atoms with Crippen LogP contribution in [0.4, 0.5) is 10.1 Å². The van der Waals surface area contributed by atoms with Gasteiger partial charge >= 0.3 is 0 Å². The molecule has 2 fully saturated rings. The Labute approximate surface area is 124 Å². The topological polar surface area (TPSA) is 35.6 Å². The summed E-state index contributed by atoms with van der Waals surface area (Å²) in [4.78, 5) is 16.4. The Morgan fingerprint density at radius 2 is 2.05 bits per heavy atom. The molecule has 1 amide bonds. The number of halogens is 1. The minimum absolute atomic E-state index is 0.0157. The second-order valence-electron chi connectivity index (χ2n) is 6.04. The van der Waals surface area contributed by atoms with Gasteiger partial charge in [0.1, 0.15) is 5.82 Å². The Balaban J connectivity index is 1.81. The van der Waals surface area contributed by atoms with Crippen molar-refractivity contribution in [3.8, 4) is 0 Å². The third kappa shape index (κ3) is 3.18. The highest BCUT2D eigenvalue weighted by Gasteiger charge is 2.26. The lowest BCUT2D eigenvalue weighted by Gasteiger charge is -2.35. The minimum atomic E-state index is -0.221. The Bertz CT molecular complexity index is 526. The first-order valence-electron chi connectivity index (χ1n) is 7.63. The second-order valence-corrected chi connectivity index (χ2v) is 6.04. The fourth-order valence-electron chi connectivity index (χ4n) is 3.18. The highest BCUT2D eigenvalue weighted by atomic mass is 19.1. The summed E-state index contributed by atoms with van der Waals surface area (Å²) in [6.45, 7) is 4.67. The van der Waals surface area contributed by atoms with Crippen molar-refractivity contribution in [1.82, 2.24) is 10.2 Å². The largest absolute Gasteiger partial charge is 0.369 e. The molecule has 1 N–H and O–H groups in total.